The third-order valence-electron chi connectivity index (χ3n) is 2.17. The first-order valence-electron chi connectivity index (χ1n) is 4.72. The predicted octanol–water partition coefficient (Wildman–Crippen LogP) is 3.40. The van der Waals surface area contributed by atoms with Gasteiger partial charge in [-0.1, -0.05) is 23.7 Å². The van der Waals surface area contributed by atoms with E-state index in [1.165, 1.54) is 0 Å². The van der Waals surface area contributed by atoms with E-state index >= 15 is 0 Å². The standard InChI is InChI=1S/C11H7ClF3N2/c12-9-3-1-2-8(6-9)7-17-10(4-5-16-17)11(13,14)15/h1-4,6H,7H2. The summed E-state index contributed by atoms with van der Waals surface area (Å²) in [4.78, 5) is 0. The highest BCUT2D eigenvalue weighted by molar-refractivity contribution is 6.30. The first-order valence-corrected chi connectivity index (χ1v) is 5.10. The topological polar surface area (TPSA) is 17.8 Å². The summed E-state index contributed by atoms with van der Waals surface area (Å²) in [5.41, 5.74) is -0.169. The second kappa shape index (κ2) is 4.41. The van der Waals surface area contributed by atoms with E-state index in [1.807, 2.05) is 0 Å². The summed E-state index contributed by atoms with van der Waals surface area (Å²) in [6.45, 7) is 0.0128. The largest absolute Gasteiger partial charge is 0.433 e. The Morgan fingerprint density at radius 2 is 2.12 bits per heavy atom. The van der Waals surface area contributed by atoms with Crippen molar-refractivity contribution in [3.8, 4) is 0 Å². The fourth-order valence-electron chi connectivity index (χ4n) is 1.45. The zero-order valence-corrected chi connectivity index (χ0v) is 9.26. The van der Waals surface area contributed by atoms with Crippen LogP contribution in [0.4, 0.5) is 13.2 Å². The Kier molecular flexibility index (Phi) is 3.11. The van der Waals surface area contributed by atoms with E-state index in [4.69, 9.17) is 11.6 Å². The summed E-state index contributed by atoms with van der Waals surface area (Å²) in [5, 5.41) is 4.02. The lowest BCUT2D eigenvalue weighted by Gasteiger charge is -2.10. The fourth-order valence-corrected chi connectivity index (χ4v) is 1.66. The van der Waals surface area contributed by atoms with Crippen molar-refractivity contribution in [2.75, 3.05) is 0 Å². The molecule has 17 heavy (non-hydrogen) atoms. The van der Waals surface area contributed by atoms with E-state index in [1.54, 1.807) is 24.3 Å². The minimum absolute atomic E-state index is 0.0128. The normalized spacial score (nSPS) is 11.8. The van der Waals surface area contributed by atoms with Crippen LogP contribution < -0.4 is 0 Å². The molecule has 6 heteroatoms. The minimum Gasteiger partial charge on any atom is -0.255 e. The quantitative estimate of drug-likeness (QED) is 0.808. The van der Waals surface area contributed by atoms with Crippen LogP contribution in [0.1, 0.15) is 11.3 Å². The molecule has 1 radical (unpaired) electrons. The SMILES string of the molecule is FC(F)(F)c1c[c]nn1Cc1cccc(Cl)c1. The van der Waals surface area contributed by atoms with Gasteiger partial charge in [0.1, 0.15) is 11.9 Å². The Hall–Kier alpha value is -1.49. The third-order valence-corrected chi connectivity index (χ3v) is 2.40. The molecule has 0 fully saturated rings. The number of halogens is 4. The van der Waals surface area contributed by atoms with Crippen molar-refractivity contribution in [2.45, 2.75) is 12.7 Å². The van der Waals surface area contributed by atoms with Crippen LogP contribution in [0.2, 0.25) is 5.02 Å². The van der Waals surface area contributed by atoms with Crippen LogP contribution in [0.5, 0.6) is 0 Å². The van der Waals surface area contributed by atoms with Gasteiger partial charge in [0, 0.05) is 5.02 Å². The van der Waals surface area contributed by atoms with Crippen molar-refractivity contribution < 1.29 is 13.2 Å². The Morgan fingerprint density at radius 3 is 2.76 bits per heavy atom. The summed E-state index contributed by atoms with van der Waals surface area (Å²) in [6.07, 6.45) is -2.23. The molecular weight excluding hydrogens is 253 g/mol. The molecule has 0 spiro atoms. The zero-order chi connectivity index (χ0) is 12.5. The molecule has 0 saturated carbocycles. The summed E-state index contributed by atoms with van der Waals surface area (Å²) >= 11 is 5.76. The molecule has 0 unspecified atom stereocenters. The maximum Gasteiger partial charge on any atom is 0.433 e. The second-order valence-electron chi connectivity index (χ2n) is 3.44. The van der Waals surface area contributed by atoms with Crippen LogP contribution in [0.3, 0.4) is 0 Å². The molecule has 2 rings (SSSR count). The maximum absolute atomic E-state index is 12.6. The lowest BCUT2D eigenvalue weighted by Crippen LogP contribution is -2.15. The molecule has 1 aromatic heterocycles. The van der Waals surface area contributed by atoms with Crippen LogP contribution in [0.15, 0.2) is 30.3 Å². The van der Waals surface area contributed by atoms with Gasteiger partial charge in [-0.3, -0.25) is 4.68 Å². The molecule has 0 bridgehead atoms. The van der Waals surface area contributed by atoms with Crippen molar-refractivity contribution in [1.29, 1.82) is 0 Å². The minimum atomic E-state index is -4.43. The first-order chi connectivity index (χ1) is 7.97. The number of hydrogen-bond donors (Lipinski definition) is 0. The van der Waals surface area contributed by atoms with Gasteiger partial charge in [-0.2, -0.15) is 18.3 Å². The molecule has 0 N–H and O–H groups in total. The Bertz CT molecular complexity index is 519. The number of nitrogens with zero attached hydrogens (tertiary/aromatic N) is 2. The van der Waals surface area contributed by atoms with E-state index in [-0.39, 0.29) is 6.54 Å². The van der Waals surface area contributed by atoms with E-state index in [0.717, 1.165) is 10.7 Å². The molecule has 1 aromatic carbocycles. The molecule has 0 saturated heterocycles. The van der Waals surface area contributed by atoms with Crippen LogP contribution in [0, 0.1) is 6.20 Å². The monoisotopic (exact) mass is 259 g/mol. The van der Waals surface area contributed by atoms with Crippen molar-refractivity contribution in [1.82, 2.24) is 9.78 Å². The predicted molar refractivity (Wildman–Crippen MR) is 56.6 cm³/mol. The first kappa shape index (κ1) is 12.0. The Labute approximate surface area is 101 Å². The van der Waals surface area contributed by atoms with Crippen molar-refractivity contribution in [2.24, 2.45) is 0 Å². The van der Waals surface area contributed by atoms with Crippen LogP contribution in [-0.2, 0) is 12.7 Å². The smallest absolute Gasteiger partial charge is 0.255 e. The number of aromatic nitrogens is 2. The summed E-state index contributed by atoms with van der Waals surface area (Å²) in [7, 11) is 0. The molecule has 0 aliphatic rings. The van der Waals surface area contributed by atoms with Gasteiger partial charge in [0.2, 0.25) is 0 Å². The fraction of sp³-hybridized carbons (Fsp3) is 0.182. The molecule has 89 valence electrons. The third kappa shape index (κ3) is 2.79. The van der Waals surface area contributed by atoms with Gasteiger partial charge in [0.25, 0.3) is 0 Å². The molecule has 2 nitrogen and oxygen atoms in total. The number of benzene rings is 1. The van der Waals surface area contributed by atoms with E-state index in [9.17, 15) is 13.2 Å². The van der Waals surface area contributed by atoms with E-state index in [2.05, 4.69) is 11.3 Å². The van der Waals surface area contributed by atoms with Gasteiger partial charge in [0.15, 0.2) is 0 Å². The molecular formula is C11H7ClF3N2. The number of hydrogen-bond acceptors (Lipinski definition) is 1. The van der Waals surface area contributed by atoms with Gasteiger partial charge in [-0.05, 0) is 23.8 Å². The maximum atomic E-state index is 12.6. The molecule has 2 aromatic rings. The van der Waals surface area contributed by atoms with Crippen molar-refractivity contribution >= 4 is 11.6 Å². The van der Waals surface area contributed by atoms with Gasteiger partial charge < -0.3 is 0 Å². The highest BCUT2D eigenvalue weighted by Crippen LogP contribution is 2.29. The zero-order valence-electron chi connectivity index (χ0n) is 8.50. The van der Waals surface area contributed by atoms with Crippen LogP contribution >= 0.6 is 11.6 Å². The van der Waals surface area contributed by atoms with Gasteiger partial charge >= 0.3 is 6.18 Å². The van der Waals surface area contributed by atoms with Crippen molar-refractivity contribution in [3.05, 3.63) is 52.8 Å². The van der Waals surface area contributed by atoms with Crippen molar-refractivity contribution in [3.63, 3.8) is 0 Å². The van der Waals surface area contributed by atoms with E-state index < -0.39 is 11.9 Å². The molecule has 0 atom stereocenters. The average molecular weight is 260 g/mol. The van der Waals surface area contributed by atoms with Crippen LogP contribution in [-0.4, -0.2) is 9.78 Å². The number of rotatable bonds is 2. The summed E-state index contributed by atoms with van der Waals surface area (Å²) < 4.78 is 38.5. The van der Waals surface area contributed by atoms with E-state index in [0.29, 0.717) is 10.6 Å². The van der Waals surface area contributed by atoms with Gasteiger partial charge in [-0.15, -0.1) is 0 Å². The summed E-state index contributed by atoms with van der Waals surface area (Å²) in [5.74, 6) is 0. The lowest BCUT2D eigenvalue weighted by atomic mass is 10.2. The molecule has 0 amide bonds. The average Bonchev–Trinajstić information content (AvgIpc) is 2.65. The highest BCUT2D eigenvalue weighted by Gasteiger charge is 2.34. The Morgan fingerprint density at radius 1 is 1.35 bits per heavy atom. The van der Waals surface area contributed by atoms with Gasteiger partial charge in [-0.25, -0.2) is 0 Å². The molecule has 1 heterocycles. The lowest BCUT2D eigenvalue weighted by molar-refractivity contribution is -0.144. The second-order valence-corrected chi connectivity index (χ2v) is 3.88. The number of alkyl halides is 3. The Balaban J connectivity index is 2.28. The van der Waals surface area contributed by atoms with Crippen LogP contribution in [0.25, 0.3) is 0 Å². The highest BCUT2D eigenvalue weighted by atomic mass is 35.5. The molecule has 0 aliphatic carbocycles. The molecule has 0 aliphatic heterocycles. The summed E-state index contributed by atoms with van der Waals surface area (Å²) in [6, 6.07) is 7.45. The van der Waals surface area contributed by atoms with Gasteiger partial charge in [0.05, 0.1) is 6.54 Å².